The van der Waals surface area contributed by atoms with Crippen molar-refractivity contribution in [1.29, 1.82) is 0 Å². The van der Waals surface area contributed by atoms with Gasteiger partial charge in [0.25, 0.3) is 0 Å². The van der Waals surface area contributed by atoms with Crippen molar-refractivity contribution in [1.82, 2.24) is 10.2 Å². The van der Waals surface area contributed by atoms with Crippen molar-refractivity contribution in [2.75, 3.05) is 21.2 Å². The molecule has 0 bridgehead atoms. The molecule has 0 amide bonds. The second-order valence-corrected chi connectivity index (χ2v) is 6.18. The maximum Gasteiger partial charge on any atom is 0.123 e. The Morgan fingerprint density at radius 2 is 1.86 bits per heavy atom. The van der Waals surface area contributed by atoms with E-state index in [2.05, 4.69) is 42.5 Å². The molecule has 1 aromatic rings. The van der Waals surface area contributed by atoms with Crippen LogP contribution in [0.3, 0.4) is 0 Å². The molecule has 3 nitrogen and oxygen atoms in total. The largest absolute Gasteiger partial charge is 0.496 e. The minimum atomic E-state index is 0.602. The molecule has 1 aliphatic carbocycles. The van der Waals surface area contributed by atoms with E-state index >= 15 is 0 Å². The lowest BCUT2D eigenvalue weighted by Gasteiger charge is -2.36. The van der Waals surface area contributed by atoms with Gasteiger partial charge in [-0.05, 0) is 33.0 Å². The van der Waals surface area contributed by atoms with Gasteiger partial charge in [0, 0.05) is 24.2 Å². The van der Waals surface area contributed by atoms with Gasteiger partial charge in [0.15, 0.2) is 0 Å². The van der Waals surface area contributed by atoms with E-state index in [9.17, 15) is 0 Å². The average Bonchev–Trinajstić information content (AvgIpc) is 2.47. The van der Waals surface area contributed by atoms with Crippen LogP contribution in [0.1, 0.15) is 44.1 Å². The summed E-state index contributed by atoms with van der Waals surface area (Å²) in [5, 5.41) is 3.54. The van der Waals surface area contributed by atoms with Crippen molar-refractivity contribution < 1.29 is 4.74 Å². The molecule has 0 aliphatic heterocycles. The highest BCUT2D eigenvalue weighted by atomic mass is 16.5. The molecule has 1 fully saturated rings. The number of para-hydroxylation sites is 1. The van der Waals surface area contributed by atoms with E-state index in [1.165, 1.54) is 44.1 Å². The van der Waals surface area contributed by atoms with Gasteiger partial charge in [-0.3, -0.25) is 4.90 Å². The lowest BCUT2D eigenvalue weighted by molar-refractivity contribution is 0.159. The van der Waals surface area contributed by atoms with E-state index in [-0.39, 0.29) is 0 Å². The summed E-state index contributed by atoms with van der Waals surface area (Å²) < 4.78 is 5.49. The zero-order valence-corrected chi connectivity index (χ0v) is 13.8. The summed E-state index contributed by atoms with van der Waals surface area (Å²) >= 11 is 0. The highest BCUT2D eigenvalue weighted by Gasteiger charge is 2.25. The van der Waals surface area contributed by atoms with E-state index in [1.807, 2.05) is 6.07 Å². The molecule has 0 spiro atoms. The molecule has 0 heterocycles. The summed E-state index contributed by atoms with van der Waals surface area (Å²) in [5.41, 5.74) is 1.28. The predicted octanol–water partition coefficient (Wildman–Crippen LogP) is 3.44. The standard InChI is InChI=1S/C18H30N2O/c1-19-16-11-6-4-5-7-12-17(16)20(2)14-15-10-8-9-13-18(15)21-3/h8-10,13,16-17,19H,4-7,11-12,14H2,1-3H3. The van der Waals surface area contributed by atoms with Crippen LogP contribution in [0, 0.1) is 0 Å². The molecule has 2 unspecified atom stereocenters. The van der Waals surface area contributed by atoms with Crippen molar-refractivity contribution >= 4 is 0 Å². The zero-order valence-electron chi connectivity index (χ0n) is 13.8. The monoisotopic (exact) mass is 290 g/mol. The van der Waals surface area contributed by atoms with E-state index in [0.717, 1.165) is 12.3 Å². The number of ether oxygens (including phenoxy) is 1. The van der Waals surface area contributed by atoms with Crippen molar-refractivity contribution in [3.05, 3.63) is 29.8 Å². The lowest BCUT2D eigenvalue weighted by atomic mass is 9.91. The maximum absolute atomic E-state index is 5.49. The second-order valence-electron chi connectivity index (χ2n) is 6.18. The van der Waals surface area contributed by atoms with Gasteiger partial charge >= 0.3 is 0 Å². The fourth-order valence-corrected chi connectivity index (χ4v) is 3.55. The smallest absolute Gasteiger partial charge is 0.123 e. The number of benzene rings is 1. The fraction of sp³-hybridized carbons (Fsp3) is 0.667. The highest BCUT2D eigenvalue weighted by Crippen LogP contribution is 2.25. The first-order valence-corrected chi connectivity index (χ1v) is 8.25. The Bertz CT molecular complexity index is 421. The molecule has 2 atom stereocenters. The van der Waals surface area contributed by atoms with Crippen LogP contribution >= 0.6 is 0 Å². The number of nitrogens with zero attached hydrogens (tertiary/aromatic N) is 1. The van der Waals surface area contributed by atoms with Gasteiger partial charge < -0.3 is 10.1 Å². The number of likely N-dealkylation sites (N-methyl/N-ethyl adjacent to an activating group) is 2. The molecule has 0 radical (unpaired) electrons. The summed E-state index contributed by atoms with van der Waals surface area (Å²) in [6, 6.07) is 9.57. The Morgan fingerprint density at radius 1 is 1.14 bits per heavy atom. The molecule has 1 aliphatic rings. The molecule has 0 aromatic heterocycles. The maximum atomic E-state index is 5.49. The minimum Gasteiger partial charge on any atom is -0.496 e. The summed E-state index contributed by atoms with van der Waals surface area (Å²) in [4.78, 5) is 2.50. The highest BCUT2D eigenvalue weighted by molar-refractivity contribution is 5.33. The number of nitrogens with one attached hydrogen (secondary N) is 1. The number of hydrogen-bond acceptors (Lipinski definition) is 3. The van der Waals surface area contributed by atoms with Crippen LogP contribution in [0.4, 0.5) is 0 Å². The Morgan fingerprint density at radius 3 is 2.57 bits per heavy atom. The van der Waals surface area contributed by atoms with E-state index in [4.69, 9.17) is 4.74 Å². The van der Waals surface area contributed by atoms with Crippen LogP contribution < -0.4 is 10.1 Å². The molecule has 118 valence electrons. The Hall–Kier alpha value is -1.06. The Kier molecular flexibility index (Phi) is 6.52. The van der Waals surface area contributed by atoms with Crippen molar-refractivity contribution in [3.8, 4) is 5.75 Å². The third-order valence-electron chi connectivity index (χ3n) is 4.78. The van der Waals surface area contributed by atoms with E-state index < -0.39 is 0 Å². The van der Waals surface area contributed by atoms with Crippen LogP contribution in [0.5, 0.6) is 5.75 Å². The quantitative estimate of drug-likeness (QED) is 0.899. The molecular formula is C18H30N2O. The van der Waals surface area contributed by atoms with Crippen LogP contribution in [-0.4, -0.2) is 38.2 Å². The number of rotatable bonds is 5. The van der Waals surface area contributed by atoms with Crippen molar-refractivity contribution in [2.24, 2.45) is 0 Å². The Labute approximate surface area is 129 Å². The van der Waals surface area contributed by atoms with E-state index in [1.54, 1.807) is 7.11 Å². The third kappa shape index (κ3) is 4.45. The summed E-state index contributed by atoms with van der Waals surface area (Å²) in [7, 11) is 6.12. The van der Waals surface area contributed by atoms with Gasteiger partial charge in [-0.15, -0.1) is 0 Å². The summed E-state index contributed by atoms with van der Waals surface area (Å²) in [6.07, 6.45) is 8.05. The predicted molar refractivity (Wildman–Crippen MR) is 88.8 cm³/mol. The summed E-state index contributed by atoms with van der Waals surface area (Å²) in [5.74, 6) is 0.996. The number of hydrogen-bond donors (Lipinski definition) is 1. The van der Waals surface area contributed by atoms with Gasteiger partial charge in [0.2, 0.25) is 0 Å². The lowest BCUT2D eigenvalue weighted by Crippen LogP contribution is -2.47. The molecule has 0 saturated heterocycles. The first-order valence-electron chi connectivity index (χ1n) is 8.25. The van der Waals surface area contributed by atoms with Crippen LogP contribution in [0.15, 0.2) is 24.3 Å². The third-order valence-corrected chi connectivity index (χ3v) is 4.78. The first-order chi connectivity index (χ1) is 10.3. The van der Waals surface area contributed by atoms with Crippen LogP contribution in [0.25, 0.3) is 0 Å². The fourth-order valence-electron chi connectivity index (χ4n) is 3.55. The van der Waals surface area contributed by atoms with Crippen LogP contribution in [-0.2, 0) is 6.54 Å². The SMILES string of the molecule is CNC1CCCCCCC1N(C)Cc1ccccc1OC. The van der Waals surface area contributed by atoms with Gasteiger partial charge in [0.05, 0.1) is 7.11 Å². The topological polar surface area (TPSA) is 24.5 Å². The minimum absolute atomic E-state index is 0.602. The molecule has 21 heavy (non-hydrogen) atoms. The number of methoxy groups -OCH3 is 1. The van der Waals surface area contributed by atoms with Gasteiger partial charge in [0.1, 0.15) is 5.75 Å². The van der Waals surface area contributed by atoms with Crippen LogP contribution in [0.2, 0.25) is 0 Å². The van der Waals surface area contributed by atoms with Crippen molar-refractivity contribution in [3.63, 3.8) is 0 Å². The van der Waals surface area contributed by atoms with Crippen molar-refractivity contribution in [2.45, 2.75) is 57.2 Å². The van der Waals surface area contributed by atoms with Gasteiger partial charge in [-0.1, -0.05) is 43.9 Å². The molecular weight excluding hydrogens is 260 g/mol. The Balaban J connectivity index is 2.06. The normalized spacial score (nSPS) is 23.6. The van der Waals surface area contributed by atoms with E-state index in [0.29, 0.717) is 12.1 Å². The van der Waals surface area contributed by atoms with Gasteiger partial charge in [-0.25, -0.2) is 0 Å². The zero-order chi connectivity index (χ0) is 15.1. The molecule has 1 aromatic carbocycles. The molecule has 1 saturated carbocycles. The molecule has 3 heteroatoms. The molecule has 1 N–H and O–H groups in total. The summed E-state index contributed by atoms with van der Waals surface area (Å²) in [6.45, 7) is 0.951. The second kappa shape index (κ2) is 8.40. The van der Waals surface area contributed by atoms with Gasteiger partial charge in [-0.2, -0.15) is 0 Å². The first kappa shape index (κ1) is 16.3. The molecule has 2 rings (SSSR count). The average molecular weight is 290 g/mol.